The lowest BCUT2D eigenvalue weighted by Gasteiger charge is -2.27. The highest BCUT2D eigenvalue weighted by Crippen LogP contribution is 2.24. The van der Waals surface area contributed by atoms with E-state index in [0.717, 1.165) is 17.1 Å². The maximum absolute atomic E-state index is 12.7. The predicted octanol–water partition coefficient (Wildman–Crippen LogP) is 0.391. The Balaban J connectivity index is 2.26. The van der Waals surface area contributed by atoms with Crippen LogP contribution in [0.3, 0.4) is 0 Å². The molecule has 0 aliphatic carbocycles. The lowest BCUT2D eigenvalue weighted by molar-refractivity contribution is 0.626. The van der Waals surface area contributed by atoms with Crippen molar-refractivity contribution >= 4 is 11.5 Å². The van der Waals surface area contributed by atoms with E-state index in [4.69, 9.17) is 0 Å². The minimum Gasteiger partial charge on any atom is -0.337 e. The number of aliphatic imine (C=N–C) groups is 1. The third-order valence-corrected chi connectivity index (χ3v) is 3.56. The van der Waals surface area contributed by atoms with Gasteiger partial charge in [-0.15, -0.1) is 0 Å². The molecule has 0 aromatic carbocycles. The Morgan fingerprint density at radius 2 is 2.24 bits per heavy atom. The van der Waals surface area contributed by atoms with Gasteiger partial charge in [0, 0.05) is 17.8 Å². The van der Waals surface area contributed by atoms with E-state index >= 15 is 0 Å². The molecule has 0 fully saturated rings. The number of H-pyrrole nitrogens is 1. The van der Waals surface area contributed by atoms with Crippen LogP contribution in [0.4, 0.5) is 5.82 Å². The van der Waals surface area contributed by atoms with E-state index in [1.165, 1.54) is 0 Å². The van der Waals surface area contributed by atoms with Crippen LogP contribution in [0.5, 0.6) is 0 Å². The molecule has 0 bridgehead atoms. The second-order valence-corrected chi connectivity index (χ2v) is 4.78. The molecule has 0 spiro atoms. The van der Waals surface area contributed by atoms with Crippen LogP contribution in [0.2, 0.25) is 0 Å². The number of aromatic nitrogens is 4. The quantitative estimate of drug-likeness (QED) is 0.758. The molecule has 3 rings (SSSR count). The number of hydrogen-bond acceptors (Lipinski definition) is 6. The van der Waals surface area contributed by atoms with Gasteiger partial charge in [0.1, 0.15) is 11.5 Å². The van der Waals surface area contributed by atoms with Gasteiger partial charge in [0.05, 0.1) is 11.8 Å². The maximum atomic E-state index is 12.7. The Hall–Kier alpha value is -2.48. The molecular formula is C13H17N7O. The first-order chi connectivity index (χ1) is 10.2. The summed E-state index contributed by atoms with van der Waals surface area (Å²) in [5.74, 6) is 0.779. The van der Waals surface area contributed by atoms with Crippen LogP contribution in [-0.2, 0) is 6.54 Å². The van der Waals surface area contributed by atoms with Gasteiger partial charge in [-0.1, -0.05) is 0 Å². The molecule has 1 aliphatic heterocycles. The van der Waals surface area contributed by atoms with Crippen molar-refractivity contribution in [2.24, 2.45) is 4.99 Å². The van der Waals surface area contributed by atoms with Crippen molar-refractivity contribution in [3.05, 3.63) is 28.2 Å². The van der Waals surface area contributed by atoms with E-state index in [-0.39, 0.29) is 11.8 Å². The number of rotatable bonds is 3. The molecule has 2 aromatic rings. The summed E-state index contributed by atoms with van der Waals surface area (Å²) >= 11 is 0. The molecule has 110 valence electrons. The van der Waals surface area contributed by atoms with Crippen molar-refractivity contribution in [1.82, 2.24) is 25.3 Å². The fourth-order valence-electron chi connectivity index (χ4n) is 2.48. The lowest BCUT2D eigenvalue weighted by atomic mass is 10.1. The Morgan fingerprint density at radius 3 is 2.86 bits per heavy atom. The van der Waals surface area contributed by atoms with Crippen LogP contribution in [0.1, 0.15) is 19.4 Å². The first-order valence-corrected chi connectivity index (χ1v) is 6.78. The van der Waals surface area contributed by atoms with Crippen molar-refractivity contribution < 1.29 is 0 Å². The third kappa shape index (κ3) is 2.13. The van der Waals surface area contributed by atoms with Gasteiger partial charge in [-0.05, 0) is 27.0 Å². The summed E-state index contributed by atoms with van der Waals surface area (Å²) in [7, 11) is 1.82. The molecule has 0 amide bonds. The molecular weight excluding hydrogens is 270 g/mol. The number of nitrogens with zero attached hydrogens (tertiary/aromatic N) is 4. The zero-order chi connectivity index (χ0) is 15.0. The van der Waals surface area contributed by atoms with E-state index in [1.54, 1.807) is 10.8 Å². The molecule has 0 radical (unpaired) electrons. The summed E-state index contributed by atoms with van der Waals surface area (Å²) in [4.78, 5) is 17.2. The Bertz CT molecular complexity index is 745. The molecule has 1 aliphatic rings. The van der Waals surface area contributed by atoms with Gasteiger partial charge in [0.2, 0.25) is 0 Å². The molecule has 1 atom stereocenters. The number of pyridine rings is 1. The van der Waals surface area contributed by atoms with Gasteiger partial charge in [0.25, 0.3) is 5.56 Å². The van der Waals surface area contributed by atoms with Crippen LogP contribution in [-0.4, -0.2) is 39.0 Å². The fourth-order valence-corrected chi connectivity index (χ4v) is 2.48. The van der Waals surface area contributed by atoms with Gasteiger partial charge >= 0.3 is 0 Å². The molecule has 21 heavy (non-hydrogen) atoms. The summed E-state index contributed by atoms with van der Waals surface area (Å²) in [6, 6.07) is 1.82. The second-order valence-electron chi connectivity index (χ2n) is 4.78. The molecule has 2 aromatic heterocycles. The number of hydrogen-bond donors (Lipinski definition) is 3. The third-order valence-electron chi connectivity index (χ3n) is 3.56. The molecule has 0 saturated carbocycles. The summed E-state index contributed by atoms with van der Waals surface area (Å²) in [6.07, 6.45) is 1.31. The largest absolute Gasteiger partial charge is 0.337 e. The van der Waals surface area contributed by atoms with Crippen molar-refractivity contribution in [3.8, 4) is 11.3 Å². The number of aromatic amines is 1. The summed E-state index contributed by atoms with van der Waals surface area (Å²) < 4.78 is 1.70. The molecule has 8 heteroatoms. The van der Waals surface area contributed by atoms with Crippen LogP contribution >= 0.6 is 0 Å². The Labute approximate surface area is 121 Å². The van der Waals surface area contributed by atoms with E-state index in [2.05, 4.69) is 31.0 Å². The highest BCUT2D eigenvalue weighted by molar-refractivity contribution is 6.05. The first kappa shape index (κ1) is 13.5. The minimum atomic E-state index is -0.229. The highest BCUT2D eigenvalue weighted by atomic mass is 16.1. The van der Waals surface area contributed by atoms with Crippen LogP contribution in [0.25, 0.3) is 11.3 Å². The Kier molecular flexibility index (Phi) is 3.30. The lowest BCUT2D eigenvalue weighted by Crippen LogP contribution is -2.39. The van der Waals surface area contributed by atoms with Crippen molar-refractivity contribution in [3.63, 3.8) is 0 Å². The van der Waals surface area contributed by atoms with E-state index < -0.39 is 0 Å². The van der Waals surface area contributed by atoms with Gasteiger partial charge in [-0.2, -0.15) is 15.4 Å². The minimum absolute atomic E-state index is 0.0952. The zero-order valence-electron chi connectivity index (χ0n) is 12.1. The fraction of sp³-hybridized carbons (Fsp3) is 0.385. The van der Waals surface area contributed by atoms with Crippen LogP contribution < -0.4 is 16.2 Å². The van der Waals surface area contributed by atoms with Crippen molar-refractivity contribution in [2.45, 2.75) is 26.7 Å². The van der Waals surface area contributed by atoms with Crippen molar-refractivity contribution in [1.29, 1.82) is 0 Å². The number of anilines is 1. The zero-order valence-corrected chi connectivity index (χ0v) is 12.1. The average molecular weight is 287 g/mol. The maximum Gasteiger partial charge on any atom is 0.261 e. The molecule has 0 saturated heterocycles. The highest BCUT2D eigenvalue weighted by Gasteiger charge is 2.23. The molecule has 1 unspecified atom stereocenters. The smallest absolute Gasteiger partial charge is 0.261 e. The van der Waals surface area contributed by atoms with Gasteiger partial charge in [-0.25, -0.2) is 4.99 Å². The normalized spacial score (nSPS) is 17.1. The van der Waals surface area contributed by atoms with Gasteiger partial charge in [0.15, 0.2) is 6.29 Å². The van der Waals surface area contributed by atoms with Crippen molar-refractivity contribution in [2.75, 3.05) is 12.4 Å². The second kappa shape index (κ2) is 5.13. The average Bonchev–Trinajstić information content (AvgIpc) is 3.00. The molecule has 8 nitrogen and oxygen atoms in total. The summed E-state index contributed by atoms with van der Waals surface area (Å²) in [6.45, 7) is 4.43. The Morgan fingerprint density at radius 1 is 1.43 bits per heavy atom. The van der Waals surface area contributed by atoms with E-state index in [1.807, 2.05) is 27.0 Å². The first-order valence-electron chi connectivity index (χ1n) is 6.78. The van der Waals surface area contributed by atoms with Crippen LogP contribution in [0, 0.1) is 0 Å². The van der Waals surface area contributed by atoms with E-state index in [0.29, 0.717) is 17.8 Å². The topological polar surface area (TPSA) is 100.0 Å². The standard InChI is InChI=1S/C13H17N7O/c1-4-20-11-8(7(2)16-13(14-3)17-11)5-9(12(20)21)10-6-15-19-18-10/h5-6,13-14,17H,4H2,1-3H3,(H,15,18,19). The van der Waals surface area contributed by atoms with E-state index in [9.17, 15) is 4.79 Å². The summed E-state index contributed by atoms with van der Waals surface area (Å²) in [5, 5.41) is 16.6. The monoisotopic (exact) mass is 287 g/mol. The van der Waals surface area contributed by atoms with Gasteiger partial charge < -0.3 is 5.32 Å². The molecule has 3 N–H and O–H groups in total. The predicted molar refractivity (Wildman–Crippen MR) is 80.4 cm³/mol. The number of nitrogens with one attached hydrogen (secondary N) is 3. The van der Waals surface area contributed by atoms with Crippen LogP contribution in [0.15, 0.2) is 22.1 Å². The summed E-state index contributed by atoms with van der Waals surface area (Å²) in [5.41, 5.74) is 2.73. The van der Waals surface area contributed by atoms with Gasteiger partial charge in [-0.3, -0.25) is 14.7 Å². The number of fused-ring (bicyclic) bond motifs is 1. The molecule has 3 heterocycles. The SMILES string of the molecule is CCn1c2c(cc(-c3cn[nH]n3)c1=O)C(C)=NC(NC)N2.